The second-order valence-corrected chi connectivity index (χ2v) is 5.39. The summed E-state index contributed by atoms with van der Waals surface area (Å²) in [7, 11) is 0. The predicted molar refractivity (Wildman–Crippen MR) is 72.7 cm³/mol. The van der Waals surface area contributed by atoms with Crippen LogP contribution in [0.4, 0.5) is 5.13 Å². The Morgan fingerprint density at radius 1 is 1.44 bits per heavy atom. The zero-order valence-electron chi connectivity index (χ0n) is 9.82. The van der Waals surface area contributed by atoms with Crippen molar-refractivity contribution < 1.29 is 9.90 Å². The van der Waals surface area contributed by atoms with E-state index in [-0.39, 0.29) is 16.7 Å². The number of thiazole rings is 1. The highest BCUT2D eigenvalue weighted by molar-refractivity contribution is 7.15. The lowest BCUT2D eigenvalue weighted by molar-refractivity contribution is 0.102. The van der Waals surface area contributed by atoms with Crippen molar-refractivity contribution in [1.29, 1.82) is 0 Å². The van der Waals surface area contributed by atoms with Crippen molar-refractivity contribution in [2.75, 3.05) is 5.32 Å². The molecule has 6 heteroatoms. The van der Waals surface area contributed by atoms with E-state index in [0.717, 1.165) is 10.6 Å². The number of nitrogens with one attached hydrogen (secondary N) is 1. The Labute approximate surface area is 113 Å². The number of amides is 1. The highest BCUT2D eigenvalue weighted by Gasteiger charge is 2.11. The van der Waals surface area contributed by atoms with E-state index in [0.29, 0.717) is 10.7 Å². The summed E-state index contributed by atoms with van der Waals surface area (Å²) >= 11 is 7.17. The van der Waals surface area contributed by atoms with Gasteiger partial charge in [0.1, 0.15) is 5.75 Å². The molecule has 0 radical (unpaired) electrons. The van der Waals surface area contributed by atoms with Crippen LogP contribution in [0, 0.1) is 13.8 Å². The molecule has 94 valence electrons. The summed E-state index contributed by atoms with van der Waals surface area (Å²) in [6.07, 6.45) is 0. The molecule has 0 spiro atoms. The van der Waals surface area contributed by atoms with Crippen LogP contribution < -0.4 is 5.32 Å². The molecule has 2 aromatic rings. The van der Waals surface area contributed by atoms with Gasteiger partial charge in [-0.3, -0.25) is 10.1 Å². The van der Waals surface area contributed by atoms with E-state index in [1.54, 1.807) is 0 Å². The van der Waals surface area contributed by atoms with Crippen molar-refractivity contribution in [3.63, 3.8) is 0 Å². The fourth-order valence-electron chi connectivity index (χ4n) is 1.34. The number of halogens is 1. The Kier molecular flexibility index (Phi) is 3.54. The van der Waals surface area contributed by atoms with Gasteiger partial charge in [-0.1, -0.05) is 11.6 Å². The summed E-state index contributed by atoms with van der Waals surface area (Å²) in [6.45, 7) is 3.83. The molecule has 2 N–H and O–H groups in total. The lowest BCUT2D eigenvalue weighted by Crippen LogP contribution is -2.11. The van der Waals surface area contributed by atoms with E-state index in [1.807, 2.05) is 13.8 Å². The molecule has 1 aromatic heterocycles. The molecule has 0 unspecified atom stereocenters. The Morgan fingerprint density at radius 3 is 2.72 bits per heavy atom. The van der Waals surface area contributed by atoms with Gasteiger partial charge in [0, 0.05) is 10.4 Å². The lowest BCUT2D eigenvalue weighted by Gasteiger charge is -2.03. The first-order valence-electron chi connectivity index (χ1n) is 5.21. The number of benzene rings is 1. The van der Waals surface area contributed by atoms with Gasteiger partial charge in [-0.05, 0) is 32.0 Å². The quantitative estimate of drug-likeness (QED) is 0.888. The van der Waals surface area contributed by atoms with Gasteiger partial charge in [0.15, 0.2) is 5.13 Å². The molecular formula is C12H11ClN2O2S. The van der Waals surface area contributed by atoms with Crippen molar-refractivity contribution in [3.8, 4) is 5.75 Å². The van der Waals surface area contributed by atoms with Crippen LogP contribution in [0.3, 0.4) is 0 Å². The number of carbonyl (C=O) groups is 1. The maximum absolute atomic E-state index is 11.9. The summed E-state index contributed by atoms with van der Waals surface area (Å²) in [5.74, 6) is -0.347. The monoisotopic (exact) mass is 282 g/mol. The van der Waals surface area contributed by atoms with Crippen LogP contribution in [0.1, 0.15) is 20.9 Å². The first kappa shape index (κ1) is 12.9. The van der Waals surface area contributed by atoms with Crippen LogP contribution in [-0.4, -0.2) is 16.0 Å². The third kappa shape index (κ3) is 2.63. The van der Waals surface area contributed by atoms with Crippen molar-refractivity contribution in [2.45, 2.75) is 13.8 Å². The maximum Gasteiger partial charge on any atom is 0.257 e. The van der Waals surface area contributed by atoms with Gasteiger partial charge in [0.25, 0.3) is 5.91 Å². The average molecular weight is 283 g/mol. The zero-order valence-corrected chi connectivity index (χ0v) is 11.4. The summed E-state index contributed by atoms with van der Waals surface area (Å²) in [6, 6.07) is 4.30. The minimum Gasteiger partial charge on any atom is -0.506 e. The Hall–Kier alpha value is -1.59. The smallest absolute Gasteiger partial charge is 0.257 e. The van der Waals surface area contributed by atoms with Crippen molar-refractivity contribution >= 4 is 34.0 Å². The van der Waals surface area contributed by atoms with Crippen LogP contribution >= 0.6 is 22.9 Å². The number of anilines is 1. The molecule has 0 aliphatic rings. The SMILES string of the molecule is Cc1nc(NC(=O)c2ccc(O)c(Cl)c2)sc1C. The third-order valence-electron chi connectivity index (χ3n) is 2.46. The number of aromatic nitrogens is 1. The second-order valence-electron chi connectivity index (χ2n) is 3.78. The number of aromatic hydroxyl groups is 1. The fraction of sp³-hybridized carbons (Fsp3) is 0.167. The molecule has 0 aliphatic carbocycles. The minimum absolute atomic E-state index is 0.0471. The molecule has 0 atom stereocenters. The van der Waals surface area contributed by atoms with E-state index < -0.39 is 0 Å². The molecule has 1 aromatic carbocycles. The van der Waals surface area contributed by atoms with Gasteiger partial charge in [-0.15, -0.1) is 11.3 Å². The number of aryl methyl sites for hydroxylation is 2. The standard InChI is InChI=1S/C12H11ClN2O2S/c1-6-7(2)18-12(14-6)15-11(17)8-3-4-10(16)9(13)5-8/h3-5,16H,1-2H3,(H,14,15,17). The second kappa shape index (κ2) is 4.96. The van der Waals surface area contributed by atoms with Gasteiger partial charge >= 0.3 is 0 Å². The number of rotatable bonds is 2. The van der Waals surface area contributed by atoms with Crippen LogP contribution in [0.15, 0.2) is 18.2 Å². The molecule has 0 bridgehead atoms. The Bertz CT molecular complexity index is 591. The van der Waals surface area contributed by atoms with Gasteiger partial charge in [0.05, 0.1) is 10.7 Å². The predicted octanol–water partition coefficient (Wildman–Crippen LogP) is 3.37. The van der Waals surface area contributed by atoms with E-state index in [4.69, 9.17) is 11.6 Å². The highest BCUT2D eigenvalue weighted by Crippen LogP contribution is 2.25. The minimum atomic E-state index is -0.300. The number of phenolic OH excluding ortho intramolecular Hbond substituents is 1. The number of nitrogens with zero attached hydrogens (tertiary/aromatic N) is 1. The molecule has 18 heavy (non-hydrogen) atoms. The number of hydrogen-bond donors (Lipinski definition) is 2. The summed E-state index contributed by atoms with van der Waals surface area (Å²) in [5.41, 5.74) is 1.28. The van der Waals surface area contributed by atoms with Gasteiger partial charge < -0.3 is 5.11 Å². The number of carbonyl (C=O) groups excluding carboxylic acids is 1. The molecule has 0 saturated carbocycles. The molecule has 1 amide bonds. The van der Waals surface area contributed by atoms with Crippen LogP contribution in [-0.2, 0) is 0 Å². The Morgan fingerprint density at radius 2 is 2.17 bits per heavy atom. The first-order chi connectivity index (χ1) is 8.47. The van der Waals surface area contributed by atoms with Gasteiger partial charge in [0.2, 0.25) is 0 Å². The molecule has 1 heterocycles. The maximum atomic E-state index is 11.9. The highest BCUT2D eigenvalue weighted by atomic mass is 35.5. The average Bonchev–Trinajstić information content (AvgIpc) is 2.61. The van der Waals surface area contributed by atoms with E-state index in [9.17, 15) is 9.90 Å². The molecular weight excluding hydrogens is 272 g/mol. The van der Waals surface area contributed by atoms with Crippen molar-refractivity contribution in [2.24, 2.45) is 0 Å². The lowest BCUT2D eigenvalue weighted by atomic mass is 10.2. The van der Waals surface area contributed by atoms with Crippen LogP contribution in [0.25, 0.3) is 0 Å². The first-order valence-corrected chi connectivity index (χ1v) is 6.40. The molecule has 4 nitrogen and oxygen atoms in total. The van der Waals surface area contributed by atoms with E-state index in [1.165, 1.54) is 29.5 Å². The normalized spacial score (nSPS) is 10.4. The molecule has 2 rings (SSSR count). The van der Waals surface area contributed by atoms with Crippen molar-refractivity contribution in [3.05, 3.63) is 39.4 Å². The van der Waals surface area contributed by atoms with Gasteiger partial charge in [-0.2, -0.15) is 0 Å². The van der Waals surface area contributed by atoms with E-state index in [2.05, 4.69) is 10.3 Å². The topological polar surface area (TPSA) is 62.2 Å². The molecule has 0 saturated heterocycles. The van der Waals surface area contributed by atoms with Gasteiger partial charge in [-0.25, -0.2) is 4.98 Å². The fourth-order valence-corrected chi connectivity index (χ4v) is 2.33. The molecule has 0 fully saturated rings. The third-order valence-corrected chi connectivity index (χ3v) is 3.75. The molecule has 0 aliphatic heterocycles. The summed E-state index contributed by atoms with van der Waals surface area (Å²) in [4.78, 5) is 17.2. The van der Waals surface area contributed by atoms with Crippen molar-refractivity contribution in [1.82, 2.24) is 4.98 Å². The summed E-state index contributed by atoms with van der Waals surface area (Å²) < 4.78 is 0. The van der Waals surface area contributed by atoms with E-state index >= 15 is 0 Å². The number of phenols is 1. The number of hydrogen-bond acceptors (Lipinski definition) is 4. The largest absolute Gasteiger partial charge is 0.506 e. The van der Waals surface area contributed by atoms with Crippen LogP contribution in [0.2, 0.25) is 5.02 Å². The van der Waals surface area contributed by atoms with Crippen LogP contribution in [0.5, 0.6) is 5.75 Å². The Balaban J connectivity index is 2.19. The summed E-state index contributed by atoms with van der Waals surface area (Å²) in [5, 5.41) is 12.7. The zero-order chi connectivity index (χ0) is 13.3.